The second-order valence-electron chi connectivity index (χ2n) is 7.00. The molecule has 0 unspecified atom stereocenters. The van der Waals surface area contributed by atoms with E-state index in [1.807, 2.05) is 54.2 Å². The first-order valence-electron chi connectivity index (χ1n) is 9.96. The van der Waals surface area contributed by atoms with Gasteiger partial charge < -0.3 is 10.1 Å². The van der Waals surface area contributed by atoms with Crippen molar-refractivity contribution in [2.24, 2.45) is 0 Å². The first-order chi connectivity index (χ1) is 15.2. The molecule has 162 valence electrons. The SMILES string of the molecule is COc1ccc(-n2nnnc2SCC(=O)Nc2cccc(CN3CCSCC3)c2)cc1. The third kappa shape index (κ3) is 5.99. The van der Waals surface area contributed by atoms with Crippen LogP contribution in [0.25, 0.3) is 5.69 Å². The molecule has 31 heavy (non-hydrogen) atoms. The van der Waals surface area contributed by atoms with Gasteiger partial charge in [0.15, 0.2) is 0 Å². The summed E-state index contributed by atoms with van der Waals surface area (Å²) in [6, 6.07) is 15.5. The number of nitrogens with zero attached hydrogens (tertiary/aromatic N) is 5. The van der Waals surface area contributed by atoms with Gasteiger partial charge in [0.1, 0.15) is 5.75 Å². The molecule has 0 bridgehead atoms. The summed E-state index contributed by atoms with van der Waals surface area (Å²) in [5.41, 5.74) is 2.82. The maximum absolute atomic E-state index is 12.5. The van der Waals surface area contributed by atoms with E-state index >= 15 is 0 Å². The van der Waals surface area contributed by atoms with E-state index < -0.39 is 0 Å². The smallest absolute Gasteiger partial charge is 0.234 e. The third-order valence-corrected chi connectivity index (χ3v) is 6.67. The van der Waals surface area contributed by atoms with Crippen molar-refractivity contribution in [3.05, 3.63) is 54.1 Å². The summed E-state index contributed by atoms with van der Waals surface area (Å²) < 4.78 is 6.79. The Morgan fingerprint density at radius 3 is 2.77 bits per heavy atom. The first kappa shape index (κ1) is 21.7. The highest BCUT2D eigenvalue weighted by atomic mass is 32.2. The minimum absolute atomic E-state index is 0.0965. The molecule has 4 rings (SSSR count). The zero-order valence-electron chi connectivity index (χ0n) is 17.2. The summed E-state index contributed by atoms with van der Waals surface area (Å²) in [5.74, 6) is 3.24. The minimum Gasteiger partial charge on any atom is -0.497 e. The van der Waals surface area contributed by atoms with Crippen LogP contribution in [0.2, 0.25) is 0 Å². The van der Waals surface area contributed by atoms with Crippen molar-refractivity contribution >= 4 is 35.1 Å². The van der Waals surface area contributed by atoms with Gasteiger partial charge in [-0.05, 0) is 52.4 Å². The van der Waals surface area contributed by atoms with Crippen LogP contribution in [-0.4, -0.2) is 68.5 Å². The van der Waals surface area contributed by atoms with Crippen LogP contribution in [0, 0.1) is 0 Å². The molecule has 2 heterocycles. The van der Waals surface area contributed by atoms with Gasteiger partial charge in [-0.15, -0.1) is 5.10 Å². The number of carbonyl (C=O) groups is 1. The average molecular weight is 457 g/mol. The number of anilines is 1. The fourth-order valence-corrected chi connectivity index (χ4v) is 4.92. The molecule has 1 aliphatic heterocycles. The van der Waals surface area contributed by atoms with Crippen LogP contribution in [0.5, 0.6) is 5.75 Å². The zero-order valence-corrected chi connectivity index (χ0v) is 18.9. The van der Waals surface area contributed by atoms with Gasteiger partial charge in [-0.25, -0.2) is 0 Å². The number of hydrogen-bond donors (Lipinski definition) is 1. The predicted octanol–water partition coefficient (Wildman–Crippen LogP) is 2.95. The number of ether oxygens (including phenoxy) is 1. The van der Waals surface area contributed by atoms with Gasteiger partial charge in [-0.3, -0.25) is 9.69 Å². The van der Waals surface area contributed by atoms with Crippen molar-refractivity contribution in [1.29, 1.82) is 0 Å². The van der Waals surface area contributed by atoms with Crippen molar-refractivity contribution in [3.8, 4) is 11.4 Å². The van der Waals surface area contributed by atoms with E-state index in [0.717, 1.165) is 36.8 Å². The Kier molecular flexibility index (Phi) is 7.44. The molecule has 1 fully saturated rings. The van der Waals surface area contributed by atoms with Gasteiger partial charge in [0.2, 0.25) is 11.1 Å². The first-order valence-corrected chi connectivity index (χ1v) is 12.1. The number of tetrazole rings is 1. The summed E-state index contributed by atoms with van der Waals surface area (Å²) in [4.78, 5) is 15.0. The number of carbonyl (C=O) groups excluding carboxylic acids is 1. The van der Waals surface area contributed by atoms with Crippen molar-refractivity contribution in [3.63, 3.8) is 0 Å². The molecule has 0 aliphatic carbocycles. The molecule has 1 aliphatic rings. The molecule has 0 spiro atoms. The van der Waals surface area contributed by atoms with E-state index in [0.29, 0.717) is 5.16 Å². The van der Waals surface area contributed by atoms with Crippen LogP contribution in [0.3, 0.4) is 0 Å². The van der Waals surface area contributed by atoms with Crippen molar-refractivity contribution < 1.29 is 9.53 Å². The number of nitrogens with one attached hydrogen (secondary N) is 1. The quantitative estimate of drug-likeness (QED) is 0.518. The van der Waals surface area contributed by atoms with Crippen LogP contribution in [0.1, 0.15) is 5.56 Å². The van der Waals surface area contributed by atoms with Crippen LogP contribution in [0.15, 0.2) is 53.7 Å². The fourth-order valence-electron chi connectivity index (χ4n) is 3.25. The lowest BCUT2D eigenvalue weighted by Gasteiger charge is -2.26. The van der Waals surface area contributed by atoms with E-state index in [2.05, 4.69) is 31.8 Å². The Hall–Kier alpha value is -2.56. The van der Waals surface area contributed by atoms with Crippen molar-refractivity contribution in [1.82, 2.24) is 25.1 Å². The van der Waals surface area contributed by atoms with Crippen LogP contribution >= 0.6 is 23.5 Å². The highest BCUT2D eigenvalue weighted by molar-refractivity contribution is 7.99. The average Bonchev–Trinajstić information content (AvgIpc) is 3.27. The fraction of sp³-hybridized carbons (Fsp3) is 0.333. The molecule has 1 N–H and O–H groups in total. The summed E-state index contributed by atoms with van der Waals surface area (Å²) in [7, 11) is 1.62. The number of amides is 1. The molecule has 0 radical (unpaired) electrons. The van der Waals surface area contributed by atoms with Gasteiger partial charge in [0, 0.05) is 36.8 Å². The Labute approximate surface area is 189 Å². The summed E-state index contributed by atoms with van der Waals surface area (Å²) in [5, 5.41) is 15.3. The molecule has 3 aromatic rings. The topological polar surface area (TPSA) is 85.2 Å². The van der Waals surface area contributed by atoms with E-state index in [4.69, 9.17) is 4.74 Å². The Morgan fingerprint density at radius 1 is 1.19 bits per heavy atom. The van der Waals surface area contributed by atoms with E-state index in [-0.39, 0.29) is 11.7 Å². The predicted molar refractivity (Wildman–Crippen MR) is 124 cm³/mol. The minimum atomic E-state index is -0.0965. The van der Waals surface area contributed by atoms with Crippen LogP contribution in [-0.2, 0) is 11.3 Å². The lowest BCUT2D eigenvalue weighted by molar-refractivity contribution is -0.113. The Balaban J connectivity index is 1.33. The Morgan fingerprint density at radius 2 is 2.00 bits per heavy atom. The monoisotopic (exact) mass is 456 g/mol. The maximum atomic E-state index is 12.5. The molecule has 1 saturated heterocycles. The zero-order chi connectivity index (χ0) is 21.5. The van der Waals surface area contributed by atoms with Gasteiger partial charge in [0.05, 0.1) is 18.6 Å². The molecule has 1 amide bonds. The van der Waals surface area contributed by atoms with Crippen molar-refractivity contribution in [2.75, 3.05) is 42.8 Å². The van der Waals surface area contributed by atoms with Gasteiger partial charge >= 0.3 is 0 Å². The normalized spacial score (nSPS) is 14.4. The van der Waals surface area contributed by atoms with E-state index in [1.54, 1.807) is 11.8 Å². The summed E-state index contributed by atoms with van der Waals surface area (Å²) in [6.07, 6.45) is 0. The highest BCUT2D eigenvalue weighted by Gasteiger charge is 2.13. The largest absolute Gasteiger partial charge is 0.497 e. The molecule has 2 aromatic carbocycles. The second-order valence-corrected chi connectivity index (χ2v) is 9.16. The molecule has 10 heteroatoms. The molecular weight excluding hydrogens is 432 g/mol. The summed E-state index contributed by atoms with van der Waals surface area (Å²) in [6.45, 7) is 3.14. The van der Waals surface area contributed by atoms with Gasteiger partial charge in [-0.2, -0.15) is 16.4 Å². The van der Waals surface area contributed by atoms with Gasteiger partial charge in [0.25, 0.3) is 0 Å². The van der Waals surface area contributed by atoms with E-state index in [1.165, 1.54) is 28.8 Å². The lowest BCUT2D eigenvalue weighted by Crippen LogP contribution is -2.31. The molecular formula is C21H24N6O2S2. The van der Waals surface area contributed by atoms with E-state index in [9.17, 15) is 4.79 Å². The third-order valence-electron chi connectivity index (χ3n) is 4.81. The molecule has 8 nitrogen and oxygen atoms in total. The number of thioether (sulfide) groups is 2. The van der Waals surface area contributed by atoms with Crippen molar-refractivity contribution in [2.45, 2.75) is 11.7 Å². The lowest BCUT2D eigenvalue weighted by atomic mass is 10.2. The number of aromatic nitrogens is 4. The molecule has 0 atom stereocenters. The second kappa shape index (κ2) is 10.7. The molecule has 1 aromatic heterocycles. The number of methoxy groups -OCH3 is 1. The van der Waals surface area contributed by atoms with Gasteiger partial charge in [-0.1, -0.05) is 23.9 Å². The summed E-state index contributed by atoms with van der Waals surface area (Å²) >= 11 is 3.30. The number of benzene rings is 2. The highest BCUT2D eigenvalue weighted by Crippen LogP contribution is 2.21. The standard InChI is InChI=1S/C21H24N6O2S2/c1-29-19-7-5-18(6-8-19)27-21(23-24-25-27)31-15-20(28)22-17-4-2-3-16(13-17)14-26-9-11-30-12-10-26/h2-8,13H,9-12,14-15H2,1H3,(H,22,28). The van der Waals surface area contributed by atoms with Crippen LogP contribution < -0.4 is 10.1 Å². The number of rotatable bonds is 8. The Bertz CT molecular complexity index is 1010. The van der Waals surface area contributed by atoms with Crippen LogP contribution in [0.4, 0.5) is 5.69 Å². The molecule has 0 saturated carbocycles. The number of hydrogen-bond acceptors (Lipinski definition) is 8. The maximum Gasteiger partial charge on any atom is 0.234 e.